The third-order valence-corrected chi connectivity index (χ3v) is 6.70. The largest absolute Gasteiger partial charge is 0.495 e. The highest BCUT2D eigenvalue weighted by atomic mass is 35.5. The molecule has 1 aliphatic rings. The van der Waals surface area contributed by atoms with Gasteiger partial charge in [-0.25, -0.2) is 8.42 Å². The van der Waals surface area contributed by atoms with Crippen molar-refractivity contribution < 1.29 is 22.7 Å². The number of halogens is 1. The molecule has 146 valence electrons. The Morgan fingerprint density at radius 2 is 1.69 bits per heavy atom. The lowest BCUT2D eigenvalue weighted by atomic mass is 10.0. The number of anilines is 1. The monoisotopic (exact) mass is 427 g/mol. The van der Waals surface area contributed by atoms with Crippen molar-refractivity contribution in [1.29, 1.82) is 0 Å². The van der Waals surface area contributed by atoms with Crippen LogP contribution in [-0.2, 0) is 9.84 Å². The van der Waals surface area contributed by atoms with Crippen LogP contribution in [0.25, 0.3) is 0 Å². The highest BCUT2D eigenvalue weighted by molar-refractivity contribution is 7.91. The number of rotatable bonds is 3. The Bertz CT molecular complexity index is 1280. The molecule has 0 unspecified atom stereocenters. The van der Waals surface area contributed by atoms with Crippen molar-refractivity contribution in [3.63, 3.8) is 0 Å². The minimum absolute atomic E-state index is 0.0422. The third-order valence-electron chi connectivity index (χ3n) is 4.61. The topological polar surface area (TPSA) is 89.5 Å². The molecule has 1 N–H and O–H groups in total. The molecule has 0 bridgehead atoms. The first kappa shape index (κ1) is 19.2. The van der Waals surface area contributed by atoms with Gasteiger partial charge in [0, 0.05) is 21.7 Å². The van der Waals surface area contributed by atoms with Gasteiger partial charge in [-0.2, -0.15) is 0 Å². The van der Waals surface area contributed by atoms with Gasteiger partial charge in [-0.3, -0.25) is 9.59 Å². The van der Waals surface area contributed by atoms with Crippen LogP contribution < -0.4 is 10.1 Å². The van der Waals surface area contributed by atoms with Crippen LogP contribution >= 0.6 is 11.6 Å². The Morgan fingerprint density at radius 3 is 2.45 bits per heavy atom. The molecule has 3 aromatic rings. The number of ether oxygens (including phenoxy) is 1. The van der Waals surface area contributed by atoms with Crippen molar-refractivity contribution in [2.45, 2.75) is 9.79 Å². The van der Waals surface area contributed by atoms with Crippen LogP contribution in [0, 0.1) is 0 Å². The van der Waals surface area contributed by atoms with Crippen LogP contribution in [0.1, 0.15) is 26.3 Å². The summed E-state index contributed by atoms with van der Waals surface area (Å²) in [6.07, 6.45) is 0. The van der Waals surface area contributed by atoms with Gasteiger partial charge in [-0.15, -0.1) is 0 Å². The van der Waals surface area contributed by atoms with Crippen molar-refractivity contribution in [3.8, 4) is 5.75 Å². The molecule has 3 aromatic carbocycles. The van der Waals surface area contributed by atoms with E-state index in [2.05, 4.69) is 5.32 Å². The molecule has 0 spiro atoms. The van der Waals surface area contributed by atoms with Crippen molar-refractivity contribution in [2.75, 3.05) is 12.4 Å². The standard InChI is InChI=1S/C21H14ClNO5S/c1-28-17-9-7-13(22)11-16(17)23-21(25)12-6-8-15-19(10-12)29(26,27)18-5-3-2-4-14(18)20(15)24/h2-11H,1H3,(H,23,25). The first-order valence-corrected chi connectivity index (χ1v) is 10.4. The molecule has 29 heavy (non-hydrogen) atoms. The van der Waals surface area contributed by atoms with Gasteiger partial charge in [0.25, 0.3) is 5.91 Å². The highest BCUT2D eigenvalue weighted by Crippen LogP contribution is 2.35. The molecule has 0 saturated carbocycles. The van der Waals surface area contributed by atoms with Gasteiger partial charge in [0.05, 0.1) is 22.6 Å². The molecule has 0 radical (unpaired) electrons. The maximum atomic E-state index is 13.0. The van der Waals surface area contributed by atoms with E-state index in [0.29, 0.717) is 16.5 Å². The van der Waals surface area contributed by atoms with Crippen LogP contribution in [0.5, 0.6) is 5.75 Å². The summed E-state index contributed by atoms with van der Waals surface area (Å²) in [7, 11) is -2.48. The molecule has 8 heteroatoms. The van der Waals surface area contributed by atoms with Crippen LogP contribution in [0.3, 0.4) is 0 Å². The van der Waals surface area contributed by atoms with E-state index in [4.69, 9.17) is 16.3 Å². The fraction of sp³-hybridized carbons (Fsp3) is 0.0476. The Labute approximate surface area is 172 Å². The predicted molar refractivity (Wildman–Crippen MR) is 108 cm³/mol. The summed E-state index contributed by atoms with van der Waals surface area (Å²) in [5.74, 6) is -0.554. The Hall–Kier alpha value is -3.16. The average Bonchev–Trinajstić information content (AvgIpc) is 2.72. The second-order valence-corrected chi connectivity index (χ2v) is 8.66. The van der Waals surface area contributed by atoms with Gasteiger partial charge >= 0.3 is 0 Å². The van der Waals surface area contributed by atoms with Crippen molar-refractivity contribution in [1.82, 2.24) is 0 Å². The molecule has 1 aliphatic heterocycles. The van der Waals surface area contributed by atoms with E-state index in [0.717, 1.165) is 0 Å². The zero-order valence-electron chi connectivity index (χ0n) is 15.1. The number of hydrogen-bond acceptors (Lipinski definition) is 5. The fourth-order valence-electron chi connectivity index (χ4n) is 3.20. The average molecular weight is 428 g/mol. The van der Waals surface area contributed by atoms with E-state index in [1.54, 1.807) is 24.3 Å². The lowest BCUT2D eigenvalue weighted by Gasteiger charge is -2.19. The van der Waals surface area contributed by atoms with Gasteiger partial charge in [0.2, 0.25) is 9.84 Å². The Kier molecular flexibility index (Phi) is 4.64. The van der Waals surface area contributed by atoms with Crippen molar-refractivity contribution >= 4 is 38.8 Å². The van der Waals surface area contributed by atoms with E-state index < -0.39 is 21.5 Å². The number of sulfone groups is 1. The molecule has 0 aliphatic carbocycles. The minimum atomic E-state index is -3.93. The zero-order chi connectivity index (χ0) is 20.8. The van der Waals surface area contributed by atoms with Gasteiger partial charge in [-0.05, 0) is 48.5 Å². The number of ketones is 1. The second-order valence-electron chi connectivity index (χ2n) is 6.34. The molecular formula is C21H14ClNO5S. The first-order chi connectivity index (χ1) is 13.8. The number of methoxy groups -OCH3 is 1. The second kappa shape index (κ2) is 7.02. The molecule has 1 heterocycles. The van der Waals surface area contributed by atoms with Gasteiger partial charge < -0.3 is 10.1 Å². The first-order valence-electron chi connectivity index (χ1n) is 8.50. The predicted octanol–water partition coefficient (Wildman–Crippen LogP) is 3.98. The molecular weight excluding hydrogens is 414 g/mol. The van der Waals surface area contributed by atoms with Gasteiger partial charge in [0.1, 0.15) is 5.75 Å². The Balaban J connectivity index is 1.76. The summed E-state index contributed by atoms with van der Waals surface area (Å²) in [5.41, 5.74) is 0.593. The fourth-order valence-corrected chi connectivity index (χ4v) is 5.05. The number of nitrogens with one attached hydrogen (secondary N) is 1. The van der Waals surface area contributed by atoms with E-state index in [-0.39, 0.29) is 26.5 Å². The van der Waals surface area contributed by atoms with E-state index >= 15 is 0 Å². The highest BCUT2D eigenvalue weighted by Gasteiger charge is 2.35. The molecule has 0 atom stereocenters. The lowest BCUT2D eigenvalue weighted by Crippen LogP contribution is -2.21. The summed E-state index contributed by atoms with van der Waals surface area (Å²) in [6, 6.07) is 14.7. The number of hydrogen-bond donors (Lipinski definition) is 1. The summed E-state index contributed by atoms with van der Waals surface area (Å²) in [5, 5.41) is 3.05. The maximum absolute atomic E-state index is 13.0. The number of benzene rings is 3. The van der Waals surface area contributed by atoms with Crippen LogP contribution in [0.4, 0.5) is 5.69 Å². The Morgan fingerprint density at radius 1 is 0.966 bits per heavy atom. The molecule has 0 aromatic heterocycles. The van der Waals surface area contributed by atoms with Crippen molar-refractivity contribution in [2.24, 2.45) is 0 Å². The smallest absolute Gasteiger partial charge is 0.255 e. The number of fused-ring (bicyclic) bond motifs is 2. The van der Waals surface area contributed by atoms with E-state index in [1.807, 2.05) is 0 Å². The minimum Gasteiger partial charge on any atom is -0.495 e. The van der Waals surface area contributed by atoms with Crippen LogP contribution in [0.2, 0.25) is 5.02 Å². The zero-order valence-corrected chi connectivity index (χ0v) is 16.7. The maximum Gasteiger partial charge on any atom is 0.255 e. The number of carbonyl (C=O) groups excluding carboxylic acids is 2. The lowest BCUT2D eigenvalue weighted by molar-refractivity contribution is 0.101. The normalized spacial score (nSPS) is 13.9. The third kappa shape index (κ3) is 3.18. The van der Waals surface area contributed by atoms with Crippen molar-refractivity contribution in [3.05, 3.63) is 82.4 Å². The van der Waals surface area contributed by atoms with Crippen LogP contribution in [0.15, 0.2) is 70.5 Å². The molecule has 0 saturated heterocycles. The van der Waals surface area contributed by atoms with Crippen LogP contribution in [-0.4, -0.2) is 27.2 Å². The summed E-state index contributed by atoms with van der Waals surface area (Å²) >= 11 is 5.98. The van der Waals surface area contributed by atoms with Gasteiger partial charge in [0.15, 0.2) is 5.78 Å². The quantitative estimate of drug-likeness (QED) is 0.534. The number of carbonyl (C=O) groups is 2. The summed E-state index contributed by atoms with van der Waals surface area (Å²) in [4.78, 5) is 25.2. The number of amides is 1. The molecule has 0 fully saturated rings. The molecule has 1 amide bonds. The van der Waals surface area contributed by atoms with E-state index in [9.17, 15) is 18.0 Å². The van der Waals surface area contributed by atoms with Gasteiger partial charge in [-0.1, -0.05) is 23.7 Å². The molecule has 4 rings (SSSR count). The summed E-state index contributed by atoms with van der Waals surface area (Å²) < 4.78 is 31.2. The molecule has 6 nitrogen and oxygen atoms in total. The SMILES string of the molecule is COc1ccc(Cl)cc1NC(=O)c1ccc2c(c1)S(=O)(=O)c1ccccc1C2=O. The summed E-state index contributed by atoms with van der Waals surface area (Å²) in [6.45, 7) is 0. The van der Waals surface area contributed by atoms with E-state index in [1.165, 1.54) is 43.5 Å².